The van der Waals surface area contributed by atoms with Crippen molar-refractivity contribution in [1.29, 1.82) is 0 Å². The van der Waals surface area contributed by atoms with Crippen molar-refractivity contribution in [1.82, 2.24) is 20.0 Å². The summed E-state index contributed by atoms with van der Waals surface area (Å²) in [6.45, 7) is 7.62. The number of piperidine rings is 2. The van der Waals surface area contributed by atoms with Gasteiger partial charge >= 0.3 is 0 Å². The maximum absolute atomic E-state index is 12.0. The molecular weight excluding hydrogens is 360 g/mol. The van der Waals surface area contributed by atoms with Gasteiger partial charge in [-0.2, -0.15) is 0 Å². The second-order valence-electron chi connectivity index (χ2n) is 9.16. The van der Waals surface area contributed by atoms with Crippen LogP contribution in [-0.2, 0) is 11.3 Å². The molecule has 2 fully saturated rings. The van der Waals surface area contributed by atoms with Crippen molar-refractivity contribution in [2.75, 3.05) is 53.4 Å². The van der Waals surface area contributed by atoms with E-state index in [1.807, 2.05) is 14.1 Å². The number of amides is 1. The molecule has 1 N–H and O–H groups in total. The van der Waals surface area contributed by atoms with Crippen LogP contribution in [-0.4, -0.2) is 80.0 Å². The van der Waals surface area contributed by atoms with Gasteiger partial charge in [-0.15, -0.1) is 0 Å². The summed E-state index contributed by atoms with van der Waals surface area (Å²) >= 11 is 0. The zero-order chi connectivity index (χ0) is 20.5. The lowest BCUT2D eigenvalue weighted by molar-refractivity contribution is -0.121. The van der Waals surface area contributed by atoms with E-state index >= 15 is 0 Å². The highest BCUT2D eigenvalue weighted by Gasteiger charge is 2.28. The largest absolute Gasteiger partial charge is 0.355 e. The molecule has 1 amide bonds. The van der Waals surface area contributed by atoms with Crippen LogP contribution in [0, 0.1) is 5.92 Å². The summed E-state index contributed by atoms with van der Waals surface area (Å²) in [4.78, 5) is 19.4. The zero-order valence-electron chi connectivity index (χ0n) is 18.5. The van der Waals surface area contributed by atoms with Gasteiger partial charge in [0, 0.05) is 32.1 Å². The molecule has 0 unspecified atom stereocenters. The lowest BCUT2D eigenvalue weighted by Gasteiger charge is -2.42. The quantitative estimate of drug-likeness (QED) is 0.692. The Morgan fingerprint density at radius 2 is 1.72 bits per heavy atom. The molecule has 29 heavy (non-hydrogen) atoms. The first-order valence-corrected chi connectivity index (χ1v) is 11.5. The highest BCUT2D eigenvalue weighted by Crippen LogP contribution is 2.26. The Hall–Kier alpha value is -1.43. The summed E-state index contributed by atoms with van der Waals surface area (Å²) in [5.41, 5.74) is 1.43. The molecule has 2 aliphatic heterocycles. The van der Waals surface area contributed by atoms with E-state index < -0.39 is 0 Å². The molecule has 0 aliphatic carbocycles. The van der Waals surface area contributed by atoms with Gasteiger partial charge in [0.05, 0.1) is 0 Å². The monoisotopic (exact) mass is 400 g/mol. The number of likely N-dealkylation sites (tertiary alicyclic amines) is 2. The van der Waals surface area contributed by atoms with Crippen molar-refractivity contribution in [3.05, 3.63) is 35.9 Å². The van der Waals surface area contributed by atoms with Gasteiger partial charge in [0.1, 0.15) is 0 Å². The Morgan fingerprint density at radius 3 is 2.38 bits per heavy atom. The van der Waals surface area contributed by atoms with E-state index in [1.165, 1.54) is 57.4 Å². The van der Waals surface area contributed by atoms with Gasteiger partial charge in [0.2, 0.25) is 5.91 Å². The topological polar surface area (TPSA) is 38.8 Å². The minimum Gasteiger partial charge on any atom is -0.355 e. The molecule has 0 saturated carbocycles. The van der Waals surface area contributed by atoms with E-state index in [1.54, 1.807) is 0 Å². The lowest BCUT2D eigenvalue weighted by atomic mass is 9.90. The molecule has 1 aromatic rings. The molecule has 0 spiro atoms. The summed E-state index contributed by atoms with van der Waals surface area (Å²) in [6.07, 6.45) is 6.86. The van der Waals surface area contributed by atoms with Gasteiger partial charge in [-0.3, -0.25) is 9.69 Å². The van der Waals surface area contributed by atoms with Crippen molar-refractivity contribution in [3.8, 4) is 0 Å². The molecule has 0 radical (unpaired) electrons. The second kappa shape index (κ2) is 11.7. The molecule has 0 bridgehead atoms. The van der Waals surface area contributed by atoms with Crippen molar-refractivity contribution in [2.45, 2.75) is 51.1 Å². The van der Waals surface area contributed by atoms with Crippen LogP contribution in [0.25, 0.3) is 0 Å². The Bertz CT molecular complexity index is 590. The summed E-state index contributed by atoms with van der Waals surface area (Å²) < 4.78 is 0. The Kier molecular flexibility index (Phi) is 8.96. The van der Waals surface area contributed by atoms with Crippen LogP contribution in [0.15, 0.2) is 30.3 Å². The van der Waals surface area contributed by atoms with E-state index in [9.17, 15) is 4.79 Å². The van der Waals surface area contributed by atoms with Crippen LogP contribution < -0.4 is 5.32 Å². The number of rotatable bonds is 9. The van der Waals surface area contributed by atoms with Crippen LogP contribution in [0.3, 0.4) is 0 Å². The van der Waals surface area contributed by atoms with Gasteiger partial charge in [0.15, 0.2) is 0 Å². The van der Waals surface area contributed by atoms with E-state index in [0.29, 0.717) is 6.42 Å². The first kappa shape index (κ1) is 22.3. The number of nitrogens with one attached hydrogen (secondary N) is 1. The zero-order valence-corrected chi connectivity index (χ0v) is 18.5. The smallest absolute Gasteiger partial charge is 0.220 e. The van der Waals surface area contributed by atoms with Crippen LogP contribution in [0.4, 0.5) is 0 Å². The maximum Gasteiger partial charge on any atom is 0.220 e. The molecule has 5 heteroatoms. The summed E-state index contributed by atoms with van der Waals surface area (Å²) in [5.74, 6) is 0.948. The number of hydrogen-bond acceptors (Lipinski definition) is 4. The number of benzene rings is 1. The van der Waals surface area contributed by atoms with E-state index in [-0.39, 0.29) is 5.91 Å². The minimum absolute atomic E-state index is 0.222. The molecule has 2 aliphatic rings. The predicted molar refractivity (Wildman–Crippen MR) is 120 cm³/mol. The SMILES string of the molecule is CN(C)CCNC(=O)CCC1CCN(C2CCN(Cc3ccccc3)CC2)CC1. The minimum atomic E-state index is 0.222. The normalized spacial score (nSPS) is 20.2. The molecule has 5 nitrogen and oxygen atoms in total. The van der Waals surface area contributed by atoms with Gasteiger partial charge in [0.25, 0.3) is 0 Å². The van der Waals surface area contributed by atoms with Crippen LogP contribution in [0.2, 0.25) is 0 Å². The first-order valence-electron chi connectivity index (χ1n) is 11.5. The molecular formula is C24H40N4O. The standard InChI is InChI=1S/C24H40N4O/c1-26(2)19-14-25-24(29)9-8-21-10-17-28(18-11-21)23-12-15-27(16-13-23)20-22-6-4-3-5-7-22/h3-7,21,23H,8-20H2,1-2H3,(H,25,29). The fourth-order valence-electron chi connectivity index (χ4n) is 4.73. The molecule has 3 rings (SSSR count). The fraction of sp³-hybridized carbons (Fsp3) is 0.708. The van der Waals surface area contributed by atoms with Gasteiger partial charge in [-0.1, -0.05) is 30.3 Å². The Morgan fingerprint density at radius 1 is 1.03 bits per heavy atom. The third-order valence-corrected chi connectivity index (χ3v) is 6.63. The Labute approximate surface area is 177 Å². The van der Waals surface area contributed by atoms with Gasteiger partial charge < -0.3 is 15.1 Å². The average molecular weight is 401 g/mol. The molecule has 2 saturated heterocycles. The summed E-state index contributed by atoms with van der Waals surface area (Å²) in [6, 6.07) is 11.6. The van der Waals surface area contributed by atoms with Crippen molar-refractivity contribution in [2.24, 2.45) is 5.92 Å². The maximum atomic E-state index is 12.0. The van der Waals surface area contributed by atoms with Crippen molar-refractivity contribution in [3.63, 3.8) is 0 Å². The van der Waals surface area contributed by atoms with E-state index in [2.05, 4.69) is 50.3 Å². The van der Waals surface area contributed by atoms with E-state index in [0.717, 1.165) is 38.0 Å². The van der Waals surface area contributed by atoms with E-state index in [4.69, 9.17) is 0 Å². The lowest BCUT2D eigenvalue weighted by Crippen LogP contribution is -2.47. The molecule has 1 aromatic carbocycles. The summed E-state index contributed by atoms with van der Waals surface area (Å²) in [7, 11) is 4.07. The first-order chi connectivity index (χ1) is 14.1. The number of likely N-dealkylation sites (N-methyl/N-ethyl adjacent to an activating group) is 1. The molecule has 162 valence electrons. The molecule has 0 aromatic heterocycles. The highest BCUT2D eigenvalue weighted by molar-refractivity contribution is 5.75. The van der Waals surface area contributed by atoms with Crippen LogP contribution in [0.1, 0.15) is 44.1 Å². The highest BCUT2D eigenvalue weighted by atomic mass is 16.1. The number of carbonyl (C=O) groups is 1. The summed E-state index contributed by atoms with van der Waals surface area (Å²) in [5, 5.41) is 3.04. The molecule has 0 atom stereocenters. The van der Waals surface area contributed by atoms with Gasteiger partial charge in [-0.25, -0.2) is 0 Å². The van der Waals surface area contributed by atoms with Crippen molar-refractivity contribution < 1.29 is 4.79 Å². The van der Waals surface area contributed by atoms with Crippen LogP contribution >= 0.6 is 0 Å². The number of nitrogens with zero attached hydrogens (tertiary/aromatic N) is 3. The average Bonchev–Trinajstić information content (AvgIpc) is 2.74. The van der Waals surface area contributed by atoms with Crippen molar-refractivity contribution >= 4 is 5.91 Å². The number of hydrogen-bond donors (Lipinski definition) is 1. The molecule has 2 heterocycles. The van der Waals surface area contributed by atoms with Crippen LogP contribution in [0.5, 0.6) is 0 Å². The van der Waals surface area contributed by atoms with Gasteiger partial charge in [-0.05, 0) is 83.9 Å². The third kappa shape index (κ3) is 7.72. The second-order valence-corrected chi connectivity index (χ2v) is 9.16. The fourth-order valence-corrected chi connectivity index (χ4v) is 4.73. The third-order valence-electron chi connectivity index (χ3n) is 6.63. The Balaban J connectivity index is 1.28. The number of carbonyl (C=O) groups excluding carboxylic acids is 1. The predicted octanol–water partition coefficient (Wildman–Crippen LogP) is 2.82.